The number of allylic oxidation sites excluding steroid dienone is 2. The van der Waals surface area contributed by atoms with Crippen LogP contribution in [0.25, 0.3) is 15.7 Å². The molecule has 1 heterocycles. The van der Waals surface area contributed by atoms with Crippen molar-refractivity contribution in [2.45, 2.75) is 62.6 Å². The van der Waals surface area contributed by atoms with E-state index in [4.69, 9.17) is 11.6 Å². The standard InChI is InChI=1S/C27H33ClN2O2S2.HI/c1-16-13-20-8-10-22(15-25(20)23(16)11-7-17(2)30(5)6)29-19(4)34(31,32)27-18(3)24-14-21(28)9-12-26(24)33-27;/h8-10,12,14-15,17,19,29H,7,11,13H2,1-6H3;1H. The number of hydrogen-bond donors (Lipinski definition) is 1. The number of benzene rings is 2. The van der Waals surface area contributed by atoms with Crippen LogP contribution >= 0.6 is 46.9 Å². The molecule has 190 valence electrons. The van der Waals surface area contributed by atoms with E-state index in [1.54, 1.807) is 13.0 Å². The highest BCUT2D eigenvalue weighted by molar-refractivity contribution is 14.0. The van der Waals surface area contributed by atoms with Crippen LogP contribution in [0, 0.1) is 6.92 Å². The van der Waals surface area contributed by atoms with E-state index in [0.29, 0.717) is 15.3 Å². The third kappa shape index (κ3) is 5.74. The van der Waals surface area contributed by atoms with Crippen LogP contribution in [0.5, 0.6) is 0 Å². The summed E-state index contributed by atoms with van der Waals surface area (Å²) in [5.74, 6) is 0. The van der Waals surface area contributed by atoms with Gasteiger partial charge in [-0.1, -0.05) is 23.2 Å². The maximum absolute atomic E-state index is 13.5. The molecule has 4 nitrogen and oxygen atoms in total. The Morgan fingerprint density at radius 3 is 2.51 bits per heavy atom. The summed E-state index contributed by atoms with van der Waals surface area (Å²) in [5, 5.41) is 4.03. The van der Waals surface area contributed by atoms with Crippen molar-refractivity contribution in [2.24, 2.45) is 0 Å². The van der Waals surface area contributed by atoms with Crippen molar-refractivity contribution in [3.05, 3.63) is 63.7 Å². The largest absolute Gasteiger partial charge is 0.369 e. The number of sulfone groups is 1. The van der Waals surface area contributed by atoms with Crippen molar-refractivity contribution in [3.63, 3.8) is 0 Å². The van der Waals surface area contributed by atoms with Crippen LogP contribution in [0.3, 0.4) is 0 Å². The molecule has 2 unspecified atom stereocenters. The van der Waals surface area contributed by atoms with Crippen molar-refractivity contribution in [3.8, 4) is 0 Å². The van der Waals surface area contributed by atoms with Gasteiger partial charge in [0.05, 0.1) is 0 Å². The maximum Gasteiger partial charge on any atom is 0.208 e. The number of rotatable bonds is 8. The molecule has 2 aromatic carbocycles. The number of nitrogens with one attached hydrogen (secondary N) is 1. The van der Waals surface area contributed by atoms with Crippen molar-refractivity contribution < 1.29 is 8.42 Å². The molecule has 0 aliphatic heterocycles. The van der Waals surface area contributed by atoms with Gasteiger partial charge in [0.25, 0.3) is 0 Å². The fourth-order valence-electron chi connectivity index (χ4n) is 4.60. The lowest BCUT2D eigenvalue weighted by molar-refractivity contribution is 0.301. The van der Waals surface area contributed by atoms with Gasteiger partial charge in [-0.25, -0.2) is 8.42 Å². The summed E-state index contributed by atoms with van der Waals surface area (Å²) in [6.07, 6.45) is 3.09. The predicted octanol–water partition coefficient (Wildman–Crippen LogP) is 7.77. The second kappa shape index (κ2) is 11.1. The minimum atomic E-state index is -3.57. The van der Waals surface area contributed by atoms with Gasteiger partial charge in [-0.2, -0.15) is 0 Å². The number of halogens is 2. The molecule has 0 radical (unpaired) electrons. The van der Waals surface area contributed by atoms with Gasteiger partial charge in [0.2, 0.25) is 9.84 Å². The van der Waals surface area contributed by atoms with E-state index in [9.17, 15) is 8.42 Å². The second-order valence-electron chi connectivity index (χ2n) is 9.65. The topological polar surface area (TPSA) is 49.4 Å². The minimum Gasteiger partial charge on any atom is -0.369 e. The molecule has 0 spiro atoms. The first-order valence-electron chi connectivity index (χ1n) is 11.7. The molecule has 1 N–H and O–H groups in total. The Hall–Kier alpha value is -1.13. The molecule has 3 aromatic rings. The maximum atomic E-state index is 13.5. The summed E-state index contributed by atoms with van der Waals surface area (Å²) in [5.41, 5.74) is 7.00. The molecule has 1 aliphatic carbocycles. The number of thiophene rings is 1. The third-order valence-electron chi connectivity index (χ3n) is 7.05. The smallest absolute Gasteiger partial charge is 0.208 e. The van der Waals surface area contributed by atoms with Crippen LogP contribution in [0.15, 0.2) is 46.2 Å². The number of hydrogen-bond acceptors (Lipinski definition) is 5. The highest BCUT2D eigenvalue weighted by atomic mass is 127. The molecule has 8 heteroatoms. The molecule has 4 rings (SSSR count). The van der Waals surface area contributed by atoms with E-state index in [-0.39, 0.29) is 24.0 Å². The lowest BCUT2D eigenvalue weighted by Crippen LogP contribution is -2.26. The van der Waals surface area contributed by atoms with Crippen LogP contribution in [0.1, 0.15) is 50.3 Å². The summed E-state index contributed by atoms with van der Waals surface area (Å²) in [6.45, 7) is 8.05. The Bertz CT molecular complexity index is 1380. The normalized spacial score (nSPS) is 15.3. The zero-order valence-corrected chi connectivity index (χ0v) is 25.8. The summed E-state index contributed by atoms with van der Waals surface area (Å²) in [6, 6.07) is 12.3. The van der Waals surface area contributed by atoms with E-state index >= 15 is 0 Å². The van der Waals surface area contributed by atoms with Crippen LogP contribution in [0.4, 0.5) is 5.69 Å². The molecule has 1 aliphatic rings. The minimum absolute atomic E-state index is 0. The van der Waals surface area contributed by atoms with E-state index in [0.717, 1.165) is 40.6 Å². The Labute approximate surface area is 235 Å². The molecular weight excluding hydrogens is 611 g/mol. The van der Waals surface area contributed by atoms with Gasteiger partial charge in [-0.05, 0) is 119 Å². The molecule has 0 amide bonds. The molecule has 0 saturated heterocycles. The summed E-state index contributed by atoms with van der Waals surface area (Å²) in [4.78, 5) is 2.25. The number of anilines is 1. The molecule has 0 fully saturated rings. The number of nitrogens with zero attached hydrogens (tertiary/aromatic N) is 1. The van der Waals surface area contributed by atoms with Crippen LogP contribution in [0.2, 0.25) is 5.02 Å². The molecule has 2 atom stereocenters. The monoisotopic (exact) mass is 644 g/mol. The van der Waals surface area contributed by atoms with Crippen LogP contribution in [-0.4, -0.2) is 38.8 Å². The molecule has 1 aromatic heterocycles. The highest BCUT2D eigenvalue weighted by Crippen LogP contribution is 2.39. The molecule has 0 bridgehead atoms. The average Bonchev–Trinajstić information content (AvgIpc) is 3.27. The Morgan fingerprint density at radius 2 is 1.83 bits per heavy atom. The molecular formula is C27H34ClIN2O2S2. The molecule has 35 heavy (non-hydrogen) atoms. The van der Waals surface area contributed by atoms with Gasteiger partial charge >= 0.3 is 0 Å². The first kappa shape index (κ1) is 28.4. The fraction of sp³-hybridized carbons (Fsp3) is 0.407. The average molecular weight is 645 g/mol. The second-order valence-corrected chi connectivity index (χ2v) is 13.6. The highest BCUT2D eigenvalue weighted by Gasteiger charge is 2.29. The lowest BCUT2D eigenvalue weighted by Gasteiger charge is -2.21. The van der Waals surface area contributed by atoms with Gasteiger partial charge in [-0.15, -0.1) is 35.3 Å². The van der Waals surface area contributed by atoms with Crippen molar-refractivity contribution in [1.82, 2.24) is 4.90 Å². The number of fused-ring (bicyclic) bond motifs is 2. The third-order valence-corrected chi connectivity index (χ3v) is 11.2. The van der Waals surface area contributed by atoms with Gasteiger partial charge in [0.1, 0.15) is 9.58 Å². The Kier molecular flexibility index (Phi) is 9.01. The van der Waals surface area contributed by atoms with E-state index in [1.165, 1.54) is 33.6 Å². The zero-order valence-electron chi connectivity index (χ0n) is 21.1. The quantitative estimate of drug-likeness (QED) is 0.255. The van der Waals surface area contributed by atoms with E-state index < -0.39 is 15.2 Å². The zero-order chi connectivity index (χ0) is 24.8. The lowest BCUT2D eigenvalue weighted by atomic mass is 9.98. The summed E-state index contributed by atoms with van der Waals surface area (Å²) in [7, 11) is 0.668. The van der Waals surface area contributed by atoms with Gasteiger partial charge < -0.3 is 10.2 Å². The van der Waals surface area contributed by atoms with E-state index in [1.807, 2.05) is 25.1 Å². The van der Waals surface area contributed by atoms with Gasteiger partial charge in [-0.3, -0.25) is 0 Å². The summed E-state index contributed by atoms with van der Waals surface area (Å²) >= 11 is 7.46. The first-order valence-corrected chi connectivity index (χ1v) is 14.4. The van der Waals surface area contributed by atoms with Crippen LogP contribution in [-0.2, 0) is 16.3 Å². The van der Waals surface area contributed by atoms with E-state index in [2.05, 4.69) is 50.3 Å². The predicted molar refractivity (Wildman–Crippen MR) is 162 cm³/mol. The first-order chi connectivity index (χ1) is 16.0. The van der Waals surface area contributed by atoms with Crippen molar-refractivity contribution in [1.29, 1.82) is 0 Å². The van der Waals surface area contributed by atoms with Gasteiger partial charge in [0.15, 0.2) is 0 Å². The summed E-state index contributed by atoms with van der Waals surface area (Å²) < 4.78 is 28.3. The molecule has 0 saturated carbocycles. The van der Waals surface area contributed by atoms with Crippen molar-refractivity contribution in [2.75, 3.05) is 19.4 Å². The number of aryl methyl sites for hydroxylation is 1. The Balaban J connectivity index is 0.00000342. The fourth-order valence-corrected chi connectivity index (χ4v) is 8.01. The SMILES string of the molecule is CC1=C(CCC(C)N(C)C)c2cc(NC(C)S(=O)(=O)c3sc4ccc(Cl)cc4c3C)ccc2C1.I. The van der Waals surface area contributed by atoms with Gasteiger partial charge in [0, 0.05) is 21.5 Å². The van der Waals surface area contributed by atoms with Crippen LogP contribution < -0.4 is 5.32 Å². The Morgan fingerprint density at radius 1 is 1.11 bits per heavy atom. The van der Waals surface area contributed by atoms with Crippen molar-refractivity contribution >= 4 is 78.1 Å².